The van der Waals surface area contributed by atoms with E-state index in [1.54, 1.807) is 22.3 Å². The maximum atomic E-state index is 2.51. The molecule has 1 fully saturated rings. The van der Waals surface area contributed by atoms with E-state index in [9.17, 15) is 0 Å². The van der Waals surface area contributed by atoms with E-state index < -0.39 is 0 Å². The fourth-order valence-electron chi connectivity index (χ4n) is 5.00. The van der Waals surface area contributed by atoms with Gasteiger partial charge in [0.15, 0.2) is 0 Å². The number of fused-ring (bicyclic) bond motifs is 5. The highest BCUT2D eigenvalue weighted by atomic mass is 14.4. The highest BCUT2D eigenvalue weighted by Crippen LogP contribution is 2.48. The first-order valence-electron chi connectivity index (χ1n) is 7.99. The van der Waals surface area contributed by atoms with Crippen LogP contribution >= 0.6 is 0 Å². The number of hydrogen-bond acceptors (Lipinski definition) is 0. The lowest BCUT2D eigenvalue weighted by Gasteiger charge is -2.38. The summed E-state index contributed by atoms with van der Waals surface area (Å²) in [7, 11) is 0. The minimum Gasteiger partial charge on any atom is -0.0585 e. The normalized spacial score (nSPS) is 33.7. The monoisotopic (exact) mass is 240 g/mol. The largest absolute Gasteiger partial charge is 0.0585 e. The summed E-state index contributed by atoms with van der Waals surface area (Å²) in [4.78, 5) is 0. The number of hydrogen-bond donors (Lipinski definition) is 0. The van der Waals surface area contributed by atoms with Gasteiger partial charge in [0.1, 0.15) is 0 Å². The standard InChI is InChI=1S/C18H24/c1-12-6-7-14-9-10-16-15-5-3-2-4-13(15)8-11-17(16)18(12)14/h9-10,12-13,15H,2-8,11H2,1H3/t12?,13-,15-/m0/s1. The lowest BCUT2D eigenvalue weighted by atomic mass is 9.67. The smallest absolute Gasteiger partial charge is 0.0131 e. The van der Waals surface area contributed by atoms with Crippen molar-refractivity contribution in [3.63, 3.8) is 0 Å². The SMILES string of the molecule is CC1CCc2ccc3c(c21)CC[C@@H]1CCCC[C@H]31. The first kappa shape index (κ1) is 11.1. The molecule has 0 N–H and O–H groups in total. The van der Waals surface area contributed by atoms with Gasteiger partial charge in [0, 0.05) is 0 Å². The zero-order valence-electron chi connectivity index (χ0n) is 11.5. The molecule has 96 valence electrons. The predicted molar refractivity (Wildman–Crippen MR) is 76.2 cm³/mol. The van der Waals surface area contributed by atoms with Crippen LogP contribution < -0.4 is 0 Å². The van der Waals surface area contributed by atoms with Crippen molar-refractivity contribution >= 4 is 0 Å². The molecule has 1 aromatic rings. The first-order valence-corrected chi connectivity index (χ1v) is 7.99. The van der Waals surface area contributed by atoms with Gasteiger partial charge in [-0.3, -0.25) is 0 Å². The molecule has 3 aliphatic carbocycles. The van der Waals surface area contributed by atoms with Crippen LogP contribution in [0.15, 0.2) is 12.1 Å². The van der Waals surface area contributed by atoms with E-state index in [0.29, 0.717) is 0 Å². The second kappa shape index (κ2) is 4.11. The van der Waals surface area contributed by atoms with Gasteiger partial charge in [-0.25, -0.2) is 0 Å². The summed E-state index contributed by atoms with van der Waals surface area (Å²) >= 11 is 0. The minimum atomic E-state index is 0.829. The van der Waals surface area contributed by atoms with Crippen LogP contribution in [0, 0.1) is 5.92 Å². The van der Waals surface area contributed by atoms with Crippen molar-refractivity contribution in [3.05, 3.63) is 34.4 Å². The molecule has 3 aliphatic rings. The maximum Gasteiger partial charge on any atom is -0.0131 e. The lowest BCUT2D eigenvalue weighted by Crippen LogP contribution is -2.25. The van der Waals surface area contributed by atoms with Gasteiger partial charge >= 0.3 is 0 Å². The zero-order valence-corrected chi connectivity index (χ0v) is 11.5. The van der Waals surface area contributed by atoms with Gasteiger partial charge in [-0.15, -0.1) is 0 Å². The van der Waals surface area contributed by atoms with E-state index in [4.69, 9.17) is 0 Å². The van der Waals surface area contributed by atoms with Gasteiger partial charge < -0.3 is 0 Å². The minimum absolute atomic E-state index is 0.829. The van der Waals surface area contributed by atoms with Crippen molar-refractivity contribution in [3.8, 4) is 0 Å². The number of aryl methyl sites for hydroxylation is 1. The maximum absolute atomic E-state index is 2.51. The van der Waals surface area contributed by atoms with Gasteiger partial charge in [-0.05, 0) is 78.5 Å². The molecule has 18 heavy (non-hydrogen) atoms. The average molecular weight is 240 g/mol. The van der Waals surface area contributed by atoms with Crippen LogP contribution in [0.1, 0.15) is 79.5 Å². The molecule has 1 saturated carbocycles. The Balaban J connectivity index is 1.82. The van der Waals surface area contributed by atoms with Crippen molar-refractivity contribution < 1.29 is 0 Å². The Bertz CT molecular complexity index is 471. The topological polar surface area (TPSA) is 0 Å². The van der Waals surface area contributed by atoms with Gasteiger partial charge in [0.2, 0.25) is 0 Å². The second-order valence-corrected chi connectivity index (χ2v) is 6.84. The molecule has 0 heterocycles. The number of benzene rings is 1. The van der Waals surface area contributed by atoms with Crippen LogP contribution in [0.4, 0.5) is 0 Å². The molecule has 0 heteroatoms. The average Bonchev–Trinajstić information content (AvgIpc) is 2.80. The molecule has 3 atom stereocenters. The Morgan fingerprint density at radius 3 is 2.78 bits per heavy atom. The molecule has 0 saturated heterocycles. The Morgan fingerprint density at radius 2 is 1.83 bits per heavy atom. The molecule has 0 radical (unpaired) electrons. The Morgan fingerprint density at radius 1 is 0.944 bits per heavy atom. The Hall–Kier alpha value is -0.780. The Labute approximate surface area is 111 Å². The van der Waals surface area contributed by atoms with E-state index in [2.05, 4.69) is 19.1 Å². The van der Waals surface area contributed by atoms with Crippen LogP contribution in [0.25, 0.3) is 0 Å². The van der Waals surface area contributed by atoms with Gasteiger partial charge in [0.25, 0.3) is 0 Å². The van der Waals surface area contributed by atoms with Crippen LogP contribution in [0.3, 0.4) is 0 Å². The molecule has 0 bridgehead atoms. The molecule has 0 spiro atoms. The highest BCUT2D eigenvalue weighted by Gasteiger charge is 2.34. The fraction of sp³-hybridized carbons (Fsp3) is 0.667. The summed E-state index contributed by atoms with van der Waals surface area (Å²) in [6.45, 7) is 2.44. The van der Waals surface area contributed by atoms with Crippen LogP contribution in [0.2, 0.25) is 0 Å². The Kier molecular flexibility index (Phi) is 2.53. The van der Waals surface area contributed by atoms with Crippen molar-refractivity contribution in [1.29, 1.82) is 0 Å². The summed E-state index contributed by atoms with van der Waals surface area (Å²) in [5.74, 6) is 2.76. The van der Waals surface area contributed by atoms with E-state index in [1.807, 2.05) is 0 Å². The second-order valence-electron chi connectivity index (χ2n) is 6.84. The summed E-state index contributed by atoms with van der Waals surface area (Å²) < 4.78 is 0. The zero-order chi connectivity index (χ0) is 12.1. The molecule has 0 nitrogen and oxygen atoms in total. The third-order valence-electron chi connectivity index (χ3n) is 5.90. The molecular formula is C18H24. The van der Waals surface area contributed by atoms with E-state index in [-0.39, 0.29) is 0 Å². The van der Waals surface area contributed by atoms with Gasteiger partial charge in [-0.2, -0.15) is 0 Å². The summed E-state index contributed by atoms with van der Waals surface area (Å²) in [6.07, 6.45) is 11.5. The van der Waals surface area contributed by atoms with Crippen molar-refractivity contribution in [2.45, 2.75) is 70.1 Å². The molecule has 0 amide bonds. The van der Waals surface area contributed by atoms with Crippen molar-refractivity contribution in [2.75, 3.05) is 0 Å². The quantitative estimate of drug-likeness (QED) is 0.601. The van der Waals surface area contributed by atoms with Crippen molar-refractivity contribution in [2.24, 2.45) is 5.92 Å². The van der Waals surface area contributed by atoms with Gasteiger partial charge in [-0.1, -0.05) is 31.9 Å². The van der Waals surface area contributed by atoms with E-state index in [1.165, 1.54) is 51.4 Å². The molecule has 0 aliphatic heterocycles. The van der Waals surface area contributed by atoms with Crippen LogP contribution in [-0.4, -0.2) is 0 Å². The van der Waals surface area contributed by atoms with E-state index >= 15 is 0 Å². The predicted octanol–water partition coefficient (Wildman–Crippen LogP) is 4.96. The van der Waals surface area contributed by atoms with Crippen LogP contribution in [-0.2, 0) is 12.8 Å². The summed E-state index contributed by atoms with van der Waals surface area (Å²) in [5, 5.41) is 0. The van der Waals surface area contributed by atoms with Gasteiger partial charge in [0.05, 0.1) is 0 Å². The molecule has 1 unspecified atom stereocenters. The van der Waals surface area contributed by atoms with E-state index in [0.717, 1.165) is 17.8 Å². The third-order valence-corrected chi connectivity index (χ3v) is 5.90. The molecule has 0 aromatic heterocycles. The summed E-state index contributed by atoms with van der Waals surface area (Å²) in [6, 6.07) is 4.98. The molecular weight excluding hydrogens is 216 g/mol. The van der Waals surface area contributed by atoms with Crippen LogP contribution in [0.5, 0.6) is 0 Å². The van der Waals surface area contributed by atoms with Crippen molar-refractivity contribution in [1.82, 2.24) is 0 Å². The highest BCUT2D eigenvalue weighted by molar-refractivity contribution is 5.48. The third kappa shape index (κ3) is 1.51. The molecule has 1 aromatic carbocycles. The molecule has 4 rings (SSSR count). The number of rotatable bonds is 0. The summed E-state index contributed by atoms with van der Waals surface area (Å²) in [5.41, 5.74) is 7.01. The first-order chi connectivity index (χ1) is 8.84. The lowest BCUT2D eigenvalue weighted by molar-refractivity contribution is 0.275. The fourth-order valence-corrected chi connectivity index (χ4v) is 5.00.